The van der Waals surface area contributed by atoms with Crippen molar-refractivity contribution in [2.75, 3.05) is 26.7 Å². The van der Waals surface area contributed by atoms with Crippen molar-refractivity contribution in [1.82, 2.24) is 9.88 Å². The summed E-state index contributed by atoms with van der Waals surface area (Å²) in [4.78, 5) is 6.22. The molecule has 1 aromatic heterocycles. The lowest BCUT2D eigenvalue weighted by atomic mass is 9.56. The fraction of sp³-hybridized carbons (Fsp3) is 0.462. The molecule has 2 aliphatic carbocycles. The zero-order chi connectivity index (χ0) is 21.2. The summed E-state index contributed by atoms with van der Waals surface area (Å²) >= 11 is 3.76. The van der Waals surface area contributed by atoms with Crippen LogP contribution in [0.15, 0.2) is 46.9 Å². The zero-order valence-electron chi connectivity index (χ0n) is 18.0. The Bertz CT molecular complexity index is 1150. The lowest BCUT2D eigenvalue weighted by Crippen LogP contribution is -2.66. The second-order valence-electron chi connectivity index (χ2n) is 9.87. The first-order valence-electron chi connectivity index (χ1n) is 11.4. The van der Waals surface area contributed by atoms with Gasteiger partial charge in [0.15, 0.2) is 0 Å². The molecule has 1 saturated heterocycles. The van der Waals surface area contributed by atoms with Gasteiger partial charge in [-0.15, -0.1) is 0 Å². The molecule has 5 heteroatoms. The van der Waals surface area contributed by atoms with Gasteiger partial charge in [0.2, 0.25) is 0 Å². The Labute approximate surface area is 191 Å². The highest BCUT2D eigenvalue weighted by Crippen LogP contribution is 2.52. The number of aromatic nitrogens is 1. The van der Waals surface area contributed by atoms with Crippen molar-refractivity contribution in [3.05, 3.63) is 63.8 Å². The summed E-state index contributed by atoms with van der Waals surface area (Å²) in [5, 5.41) is 13.7. The number of fused-ring (bicyclic) bond motifs is 4. The third kappa shape index (κ3) is 3.08. The van der Waals surface area contributed by atoms with E-state index in [4.69, 9.17) is 4.74 Å². The molecule has 162 valence electrons. The fourth-order valence-electron chi connectivity index (χ4n) is 6.18. The lowest BCUT2D eigenvalue weighted by molar-refractivity contribution is -0.103. The van der Waals surface area contributed by atoms with Gasteiger partial charge in [0.1, 0.15) is 5.75 Å². The molecular formula is C26H29BrN2O2. The van der Waals surface area contributed by atoms with Gasteiger partial charge in [0.25, 0.3) is 0 Å². The van der Waals surface area contributed by atoms with Crippen LogP contribution in [-0.2, 0) is 18.3 Å². The van der Waals surface area contributed by atoms with Gasteiger partial charge in [-0.3, -0.25) is 0 Å². The van der Waals surface area contributed by atoms with Crippen LogP contribution in [-0.4, -0.2) is 47.3 Å². The summed E-state index contributed by atoms with van der Waals surface area (Å²) in [6.07, 6.45) is 5.14. The van der Waals surface area contributed by atoms with Crippen molar-refractivity contribution in [3.63, 3.8) is 0 Å². The van der Waals surface area contributed by atoms with Crippen molar-refractivity contribution in [1.29, 1.82) is 0 Å². The van der Waals surface area contributed by atoms with E-state index in [0.29, 0.717) is 6.42 Å². The molecule has 0 bridgehead atoms. The molecule has 4 nitrogen and oxygen atoms in total. The van der Waals surface area contributed by atoms with Gasteiger partial charge >= 0.3 is 0 Å². The van der Waals surface area contributed by atoms with Gasteiger partial charge in [-0.2, -0.15) is 0 Å². The minimum atomic E-state index is -0.816. The maximum Gasteiger partial charge on any atom is 0.119 e. The maximum absolute atomic E-state index is 12.5. The number of β-amino-alcohol motifs (C(OH)–C–C–N with tert-alkyl or cyclic N) is 1. The van der Waals surface area contributed by atoms with Crippen molar-refractivity contribution in [2.45, 2.75) is 43.1 Å². The number of piperidine rings is 1. The van der Waals surface area contributed by atoms with E-state index in [1.807, 2.05) is 6.07 Å². The Kier molecular flexibility index (Phi) is 4.54. The van der Waals surface area contributed by atoms with Gasteiger partial charge in [-0.1, -0.05) is 34.1 Å². The van der Waals surface area contributed by atoms with E-state index in [1.54, 1.807) is 7.11 Å². The maximum atomic E-state index is 12.5. The van der Waals surface area contributed by atoms with Gasteiger partial charge in [-0.25, -0.2) is 0 Å². The number of ether oxygens (including phenoxy) is 1. The lowest BCUT2D eigenvalue weighted by Gasteiger charge is -2.56. The molecule has 2 N–H and O–H groups in total. The Morgan fingerprint density at radius 2 is 2.03 bits per heavy atom. The smallest absolute Gasteiger partial charge is 0.119 e. The van der Waals surface area contributed by atoms with Crippen LogP contribution in [0.3, 0.4) is 0 Å². The van der Waals surface area contributed by atoms with E-state index in [0.717, 1.165) is 54.1 Å². The first-order chi connectivity index (χ1) is 15.0. The summed E-state index contributed by atoms with van der Waals surface area (Å²) in [7, 11) is 1.72. The third-order valence-electron chi connectivity index (χ3n) is 7.98. The van der Waals surface area contributed by atoms with Gasteiger partial charge < -0.3 is 19.7 Å². The molecule has 3 aromatic rings. The number of hydrogen-bond acceptors (Lipinski definition) is 3. The number of hydrogen-bond donors (Lipinski definition) is 2. The number of H-pyrrole nitrogens is 1. The largest absolute Gasteiger partial charge is 0.497 e. The van der Waals surface area contributed by atoms with E-state index in [9.17, 15) is 5.11 Å². The molecule has 2 heterocycles. The fourth-order valence-corrected chi connectivity index (χ4v) is 6.79. The van der Waals surface area contributed by atoms with E-state index >= 15 is 0 Å². The molecule has 2 fully saturated rings. The highest BCUT2D eigenvalue weighted by atomic mass is 79.9. The van der Waals surface area contributed by atoms with Crippen LogP contribution < -0.4 is 4.74 Å². The molecule has 3 aliphatic rings. The van der Waals surface area contributed by atoms with Crippen LogP contribution in [0.5, 0.6) is 5.75 Å². The Hall–Kier alpha value is -1.82. The van der Waals surface area contributed by atoms with Crippen LogP contribution in [0.25, 0.3) is 10.9 Å². The van der Waals surface area contributed by atoms with Crippen LogP contribution >= 0.6 is 15.9 Å². The molecule has 2 aromatic carbocycles. The Balaban J connectivity index is 1.50. The highest BCUT2D eigenvalue weighted by Gasteiger charge is 2.58. The molecule has 2 atom stereocenters. The number of rotatable bonds is 4. The van der Waals surface area contributed by atoms with Crippen molar-refractivity contribution < 1.29 is 9.84 Å². The van der Waals surface area contributed by atoms with Crippen molar-refractivity contribution in [2.24, 2.45) is 5.92 Å². The second-order valence-corrected chi connectivity index (χ2v) is 10.7. The predicted molar refractivity (Wildman–Crippen MR) is 127 cm³/mol. The number of halogens is 1. The number of nitrogens with zero attached hydrogens (tertiary/aromatic N) is 1. The van der Waals surface area contributed by atoms with E-state index in [2.05, 4.69) is 62.2 Å². The molecule has 0 radical (unpaired) electrons. The monoisotopic (exact) mass is 480 g/mol. The number of methoxy groups -OCH3 is 1. The van der Waals surface area contributed by atoms with Crippen molar-refractivity contribution in [3.8, 4) is 5.75 Å². The second kappa shape index (κ2) is 7.09. The van der Waals surface area contributed by atoms with Gasteiger partial charge in [0.05, 0.1) is 12.7 Å². The molecule has 0 spiro atoms. The van der Waals surface area contributed by atoms with Crippen molar-refractivity contribution >= 4 is 26.8 Å². The van der Waals surface area contributed by atoms with Crippen LogP contribution in [0.2, 0.25) is 0 Å². The van der Waals surface area contributed by atoms with Gasteiger partial charge in [0, 0.05) is 52.4 Å². The summed E-state index contributed by atoms with van der Waals surface area (Å²) in [6, 6.07) is 14.7. The number of likely N-dealkylation sites (tertiary alicyclic amines) is 1. The average Bonchev–Trinajstić information content (AvgIpc) is 3.51. The number of aromatic amines is 1. The third-order valence-corrected chi connectivity index (χ3v) is 8.64. The molecular weight excluding hydrogens is 452 g/mol. The summed E-state index contributed by atoms with van der Waals surface area (Å²) < 4.78 is 6.67. The average molecular weight is 481 g/mol. The number of benzene rings is 2. The molecule has 1 saturated carbocycles. The summed E-state index contributed by atoms with van der Waals surface area (Å²) in [5.74, 6) is 1.69. The summed E-state index contributed by atoms with van der Waals surface area (Å²) in [6.45, 7) is 2.90. The first-order valence-corrected chi connectivity index (χ1v) is 12.2. The SMILES string of the molecule is COc1cccc(C23CCN(CC4CC4)CC2(O)Cc2c([nH]c4cccc(Br)c24)C3)c1. The first kappa shape index (κ1) is 19.8. The molecule has 1 aliphatic heterocycles. The van der Waals surface area contributed by atoms with Gasteiger partial charge in [-0.05, 0) is 67.1 Å². The number of aliphatic hydroxyl groups is 1. The quantitative estimate of drug-likeness (QED) is 0.562. The zero-order valence-corrected chi connectivity index (χ0v) is 19.5. The van der Waals surface area contributed by atoms with Crippen LogP contribution in [0, 0.1) is 5.92 Å². The minimum Gasteiger partial charge on any atom is -0.497 e. The topological polar surface area (TPSA) is 48.5 Å². The Morgan fingerprint density at radius 3 is 2.84 bits per heavy atom. The van der Waals surface area contributed by atoms with E-state index in [1.165, 1.54) is 35.0 Å². The predicted octanol–water partition coefficient (Wildman–Crippen LogP) is 4.82. The molecule has 2 unspecified atom stereocenters. The molecule has 0 amide bonds. The standard InChI is InChI=1S/C26H29BrN2O2/c1-31-19-5-2-4-18(12-19)25-10-11-29(15-17-8-9-17)16-26(25,30)13-20-23(14-25)28-22-7-3-6-21(27)24(20)22/h2-7,12,17,28,30H,8-11,13-16H2,1H3. The minimum absolute atomic E-state index is 0.318. The van der Waals surface area contributed by atoms with Crippen LogP contribution in [0.4, 0.5) is 0 Å². The van der Waals surface area contributed by atoms with E-state index in [-0.39, 0.29) is 5.41 Å². The molecule has 6 rings (SSSR count). The summed E-state index contributed by atoms with van der Waals surface area (Å²) in [5.41, 5.74) is 3.76. The highest BCUT2D eigenvalue weighted by molar-refractivity contribution is 9.10. The Morgan fingerprint density at radius 1 is 1.19 bits per heavy atom. The van der Waals surface area contributed by atoms with Crippen LogP contribution in [0.1, 0.15) is 36.1 Å². The normalized spacial score (nSPS) is 28.4. The number of nitrogens with one attached hydrogen (secondary N) is 1. The molecule has 31 heavy (non-hydrogen) atoms. The van der Waals surface area contributed by atoms with E-state index < -0.39 is 5.60 Å².